The molecule has 1 aliphatic heterocycles. The van der Waals surface area contributed by atoms with Crippen LogP contribution >= 0.6 is 0 Å². The maximum absolute atomic E-state index is 9.55. The van der Waals surface area contributed by atoms with Gasteiger partial charge in [0, 0.05) is 11.6 Å². The van der Waals surface area contributed by atoms with E-state index < -0.39 is 0 Å². The summed E-state index contributed by atoms with van der Waals surface area (Å²) in [6.45, 7) is 9.79. The molecule has 1 heterocycles. The monoisotopic (exact) mass is 189 g/mol. The van der Waals surface area contributed by atoms with Gasteiger partial charge in [0.1, 0.15) is 0 Å². The average Bonchev–Trinajstić information content (AvgIpc) is 2.03. The summed E-state index contributed by atoms with van der Waals surface area (Å²) in [7, 11) is 0. The molecule has 0 bridgehead atoms. The Bertz CT molecular complexity index is 148. The summed E-state index contributed by atoms with van der Waals surface area (Å²) in [5.74, 6) is 0. The van der Waals surface area contributed by atoms with Crippen LogP contribution in [0.1, 0.15) is 47.5 Å². The molecular weight excluding hydrogens is 166 g/mol. The van der Waals surface area contributed by atoms with E-state index in [1.807, 2.05) is 34.6 Å². The topological polar surface area (TPSA) is 43.7 Å². The van der Waals surface area contributed by atoms with Crippen molar-refractivity contribution in [2.45, 2.75) is 65.1 Å². The SMILES string of the molecule is CC.CC1CC(O)CC(C)(C)N1O. The second-order valence-corrected chi connectivity index (χ2v) is 4.10. The maximum Gasteiger partial charge on any atom is 0.0574 e. The Morgan fingerprint density at radius 2 is 1.77 bits per heavy atom. The van der Waals surface area contributed by atoms with Crippen LogP contribution in [0.15, 0.2) is 0 Å². The van der Waals surface area contributed by atoms with Crippen LogP contribution in [0.2, 0.25) is 0 Å². The third-order valence-electron chi connectivity index (χ3n) is 2.39. The van der Waals surface area contributed by atoms with Crippen LogP contribution in [-0.4, -0.2) is 33.1 Å². The van der Waals surface area contributed by atoms with Gasteiger partial charge in [-0.05, 0) is 33.6 Å². The Balaban J connectivity index is 0.000000671. The van der Waals surface area contributed by atoms with Crippen molar-refractivity contribution in [2.24, 2.45) is 0 Å². The van der Waals surface area contributed by atoms with Crippen LogP contribution in [0, 0.1) is 0 Å². The van der Waals surface area contributed by atoms with Gasteiger partial charge >= 0.3 is 0 Å². The molecule has 1 saturated heterocycles. The standard InChI is InChI=1S/C8H17NO2.C2H6/c1-6-4-7(10)5-8(2,3)9(6)11;1-2/h6-7,10-11H,4-5H2,1-3H3;1-2H3. The maximum atomic E-state index is 9.55. The van der Waals surface area contributed by atoms with Gasteiger partial charge in [-0.2, -0.15) is 5.06 Å². The molecule has 0 aromatic rings. The highest BCUT2D eigenvalue weighted by Gasteiger charge is 2.37. The van der Waals surface area contributed by atoms with Crippen molar-refractivity contribution in [1.82, 2.24) is 5.06 Å². The Morgan fingerprint density at radius 3 is 2.15 bits per heavy atom. The molecule has 0 spiro atoms. The lowest BCUT2D eigenvalue weighted by atomic mass is 9.87. The number of nitrogens with zero attached hydrogens (tertiary/aromatic N) is 1. The van der Waals surface area contributed by atoms with Gasteiger partial charge in [-0.1, -0.05) is 13.8 Å². The highest BCUT2D eigenvalue weighted by molar-refractivity contribution is 4.88. The second kappa shape index (κ2) is 4.94. The van der Waals surface area contributed by atoms with Gasteiger partial charge < -0.3 is 10.3 Å². The zero-order valence-electron chi connectivity index (χ0n) is 9.41. The van der Waals surface area contributed by atoms with Crippen molar-refractivity contribution in [3.05, 3.63) is 0 Å². The Kier molecular flexibility index (Phi) is 4.89. The quantitative estimate of drug-likeness (QED) is 0.612. The number of aliphatic hydroxyl groups excluding tert-OH is 1. The van der Waals surface area contributed by atoms with Crippen LogP contribution in [0.4, 0.5) is 0 Å². The van der Waals surface area contributed by atoms with E-state index in [1.54, 1.807) is 0 Å². The molecule has 1 rings (SSSR count). The first-order valence-corrected chi connectivity index (χ1v) is 5.10. The summed E-state index contributed by atoms with van der Waals surface area (Å²) < 4.78 is 0. The normalized spacial score (nSPS) is 33.5. The first-order valence-electron chi connectivity index (χ1n) is 5.10. The summed E-state index contributed by atoms with van der Waals surface area (Å²) in [6.07, 6.45) is 1.05. The average molecular weight is 189 g/mol. The Morgan fingerprint density at radius 1 is 1.31 bits per heavy atom. The fourth-order valence-electron chi connectivity index (χ4n) is 1.84. The van der Waals surface area contributed by atoms with E-state index >= 15 is 0 Å². The van der Waals surface area contributed by atoms with Crippen LogP contribution in [0.5, 0.6) is 0 Å². The number of aliphatic hydroxyl groups is 1. The molecule has 1 fully saturated rings. The number of piperidine rings is 1. The summed E-state index contributed by atoms with van der Waals surface area (Å²) in [5.41, 5.74) is -0.281. The number of hydroxylamine groups is 2. The van der Waals surface area contributed by atoms with Crippen LogP contribution in [0.3, 0.4) is 0 Å². The Labute approximate surface area is 81.3 Å². The van der Waals surface area contributed by atoms with Crippen molar-refractivity contribution in [2.75, 3.05) is 0 Å². The summed E-state index contributed by atoms with van der Waals surface area (Å²) >= 11 is 0. The number of rotatable bonds is 0. The number of hydrogen-bond donors (Lipinski definition) is 2. The Hall–Kier alpha value is -0.120. The van der Waals surface area contributed by atoms with Crippen LogP contribution in [-0.2, 0) is 0 Å². The molecule has 0 aromatic carbocycles. The predicted octanol–water partition coefficient (Wildman–Crippen LogP) is 2.03. The molecule has 80 valence electrons. The van der Waals surface area contributed by atoms with Crippen molar-refractivity contribution in [3.8, 4) is 0 Å². The minimum atomic E-state index is -0.281. The first-order chi connectivity index (χ1) is 5.93. The first kappa shape index (κ1) is 12.9. The molecule has 2 N–H and O–H groups in total. The van der Waals surface area contributed by atoms with E-state index in [0.717, 1.165) is 0 Å². The second-order valence-electron chi connectivity index (χ2n) is 4.10. The third-order valence-corrected chi connectivity index (χ3v) is 2.39. The molecular formula is C10H23NO2. The lowest BCUT2D eigenvalue weighted by Crippen LogP contribution is -2.53. The van der Waals surface area contributed by atoms with Gasteiger partial charge in [0.15, 0.2) is 0 Å². The lowest BCUT2D eigenvalue weighted by molar-refractivity contribution is -0.222. The predicted molar refractivity (Wildman–Crippen MR) is 53.8 cm³/mol. The van der Waals surface area contributed by atoms with E-state index in [1.165, 1.54) is 5.06 Å². The zero-order chi connectivity index (χ0) is 10.6. The van der Waals surface area contributed by atoms with E-state index in [0.29, 0.717) is 12.8 Å². The van der Waals surface area contributed by atoms with Gasteiger partial charge in [0.25, 0.3) is 0 Å². The highest BCUT2D eigenvalue weighted by Crippen LogP contribution is 2.29. The summed E-state index contributed by atoms with van der Waals surface area (Å²) in [5, 5.41) is 20.3. The minimum absolute atomic E-state index is 0.0637. The minimum Gasteiger partial charge on any atom is -0.393 e. The highest BCUT2D eigenvalue weighted by atomic mass is 16.5. The van der Waals surface area contributed by atoms with E-state index in [9.17, 15) is 10.3 Å². The fourth-order valence-corrected chi connectivity index (χ4v) is 1.84. The largest absolute Gasteiger partial charge is 0.393 e. The van der Waals surface area contributed by atoms with Crippen LogP contribution < -0.4 is 0 Å². The molecule has 0 aromatic heterocycles. The molecule has 2 atom stereocenters. The molecule has 0 aliphatic carbocycles. The smallest absolute Gasteiger partial charge is 0.0574 e. The summed E-state index contributed by atoms with van der Waals surface area (Å²) in [6, 6.07) is 0.0637. The van der Waals surface area contributed by atoms with Crippen molar-refractivity contribution in [1.29, 1.82) is 0 Å². The molecule has 0 radical (unpaired) electrons. The van der Waals surface area contributed by atoms with E-state index in [2.05, 4.69) is 0 Å². The van der Waals surface area contributed by atoms with E-state index in [-0.39, 0.29) is 17.7 Å². The zero-order valence-corrected chi connectivity index (χ0v) is 9.41. The van der Waals surface area contributed by atoms with Gasteiger partial charge in [-0.3, -0.25) is 0 Å². The molecule has 0 amide bonds. The third kappa shape index (κ3) is 3.25. The molecule has 3 nitrogen and oxygen atoms in total. The van der Waals surface area contributed by atoms with Crippen LogP contribution in [0.25, 0.3) is 0 Å². The molecule has 0 saturated carbocycles. The molecule has 1 aliphatic rings. The summed E-state index contributed by atoms with van der Waals surface area (Å²) in [4.78, 5) is 0. The number of hydrogen-bond acceptors (Lipinski definition) is 3. The van der Waals surface area contributed by atoms with Gasteiger partial charge in [0.05, 0.1) is 6.10 Å². The molecule has 3 heteroatoms. The van der Waals surface area contributed by atoms with Crippen molar-refractivity contribution in [3.63, 3.8) is 0 Å². The lowest BCUT2D eigenvalue weighted by Gasteiger charge is -2.44. The van der Waals surface area contributed by atoms with Gasteiger partial charge in [-0.25, -0.2) is 0 Å². The molecule has 13 heavy (non-hydrogen) atoms. The van der Waals surface area contributed by atoms with Gasteiger partial charge in [-0.15, -0.1) is 0 Å². The molecule has 2 unspecified atom stereocenters. The van der Waals surface area contributed by atoms with Crippen molar-refractivity contribution >= 4 is 0 Å². The van der Waals surface area contributed by atoms with E-state index in [4.69, 9.17) is 0 Å². The fraction of sp³-hybridized carbons (Fsp3) is 1.00. The van der Waals surface area contributed by atoms with Crippen molar-refractivity contribution < 1.29 is 10.3 Å². The van der Waals surface area contributed by atoms with Gasteiger partial charge in [0.2, 0.25) is 0 Å².